The summed E-state index contributed by atoms with van der Waals surface area (Å²) in [5.74, 6) is 0.846. The highest BCUT2D eigenvalue weighted by atomic mass is 32.1. The molecule has 0 saturated carbocycles. The summed E-state index contributed by atoms with van der Waals surface area (Å²) in [6, 6.07) is 8.61. The first-order valence-electron chi connectivity index (χ1n) is 8.54. The molecule has 132 valence electrons. The first-order valence-corrected chi connectivity index (χ1v) is 9.42. The number of thiazole rings is 1. The lowest BCUT2D eigenvalue weighted by Crippen LogP contribution is -2.23. The standard InChI is InChI=1S/C20H25N3OS/c1-12(2)21-19-23-17(11-25-19)16-10-18(24-20(4,5)6)14-8-7-13(3)9-15(14)22-16/h7-12H,1-6H3,(H,21,23). The van der Waals surface area contributed by atoms with Gasteiger partial charge in [0.15, 0.2) is 5.13 Å². The van der Waals surface area contributed by atoms with E-state index < -0.39 is 0 Å². The van der Waals surface area contributed by atoms with Crippen molar-refractivity contribution in [3.05, 3.63) is 35.2 Å². The molecule has 0 aliphatic carbocycles. The van der Waals surface area contributed by atoms with Crippen LogP contribution >= 0.6 is 11.3 Å². The van der Waals surface area contributed by atoms with Crippen LogP contribution in [-0.2, 0) is 0 Å². The summed E-state index contributed by atoms with van der Waals surface area (Å²) >= 11 is 1.60. The van der Waals surface area contributed by atoms with Crippen LogP contribution in [0.1, 0.15) is 40.2 Å². The fourth-order valence-corrected chi connectivity index (χ4v) is 3.41. The van der Waals surface area contributed by atoms with Gasteiger partial charge in [0.25, 0.3) is 0 Å². The summed E-state index contributed by atoms with van der Waals surface area (Å²) in [7, 11) is 0. The number of nitrogens with zero attached hydrogens (tertiary/aromatic N) is 2. The Bertz CT molecular complexity index is 894. The Hall–Kier alpha value is -2.14. The monoisotopic (exact) mass is 355 g/mol. The number of nitrogens with one attached hydrogen (secondary N) is 1. The third-order valence-electron chi connectivity index (χ3n) is 3.52. The van der Waals surface area contributed by atoms with Gasteiger partial charge in [-0.2, -0.15) is 0 Å². The number of benzene rings is 1. The van der Waals surface area contributed by atoms with E-state index in [0.29, 0.717) is 6.04 Å². The Kier molecular flexibility index (Phi) is 4.69. The van der Waals surface area contributed by atoms with E-state index in [1.165, 1.54) is 5.56 Å². The number of anilines is 1. The minimum absolute atomic E-state index is 0.275. The van der Waals surface area contributed by atoms with E-state index in [1.807, 2.05) is 11.4 Å². The van der Waals surface area contributed by atoms with Crippen molar-refractivity contribution in [3.63, 3.8) is 0 Å². The molecule has 0 fully saturated rings. The molecule has 0 atom stereocenters. The van der Waals surface area contributed by atoms with Gasteiger partial charge in [-0.05, 0) is 59.2 Å². The fourth-order valence-electron chi connectivity index (χ4n) is 2.56. The molecular formula is C20H25N3OS. The number of aryl methyl sites for hydroxylation is 1. The predicted octanol–water partition coefficient (Wildman–Crippen LogP) is 5.66. The maximum Gasteiger partial charge on any atom is 0.183 e. The van der Waals surface area contributed by atoms with Crippen molar-refractivity contribution in [1.82, 2.24) is 9.97 Å². The molecule has 0 amide bonds. The first kappa shape index (κ1) is 17.7. The molecule has 0 radical (unpaired) electrons. The van der Waals surface area contributed by atoms with Crippen molar-refractivity contribution < 1.29 is 4.74 Å². The molecule has 3 rings (SSSR count). The van der Waals surface area contributed by atoms with E-state index >= 15 is 0 Å². The quantitative estimate of drug-likeness (QED) is 0.655. The van der Waals surface area contributed by atoms with Gasteiger partial charge in [0.05, 0.1) is 11.2 Å². The van der Waals surface area contributed by atoms with Gasteiger partial charge in [-0.3, -0.25) is 0 Å². The topological polar surface area (TPSA) is 47.0 Å². The molecule has 0 spiro atoms. The number of pyridine rings is 1. The van der Waals surface area contributed by atoms with Crippen molar-refractivity contribution in [3.8, 4) is 17.1 Å². The number of hydrogen-bond acceptors (Lipinski definition) is 5. The second kappa shape index (κ2) is 6.64. The van der Waals surface area contributed by atoms with Crippen LogP contribution in [0.3, 0.4) is 0 Å². The lowest BCUT2D eigenvalue weighted by molar-refractivity contribution is 0.133. The van der Waals surface area contributed by atoms with Crippen molar-refractivity contribution in [2.24, 2.45) is 0 Å². The van der Waals surface area contributed by atoms with E-state index in [2.05, 4.69) is 70.0 Å². The second-order valence-electron chi connectivity index (χ2n) is 7.58. The van der Waals surface area contributed by atoms with Crippen LogP contribution < -0.4 is 10.1 Å². The smallest absolute Gasteiger partial charge is 0.183 e. The van der Waals surface area contributed by atoms with Crippen LogP contribution in [0.5, 0.6) is 5.75 Å². The van der Waals surface area contributed by atoms with Gasteiger partial charge in [-0.25, -0.2) is 9.97 Å². The van der Waals surface area contributed by atoms with Gasteiger partial charge < -0.3 is 10.1 Å². The lowest BCUT2D eigenvalue weighted by Gasteiger charge is -2.22. The van der Waals surface area contributed by atoms with Crippen LogP contribution in [0.4, 0.5) is 5.13 Å². The minimum Gasteiger partial charge on any atom is -0.487 e. The third-order valence-corrected chi connectivity index (χ3v) is 4.30. The average Bonchev–Trinajstić information content (AvgIpc) is 2.92. The second-order valence-corrected chi connectivity index (χ2v) is 8.44. The van der Waals surface area contributed by atoms with Crippen LogP contribution in [0, 0.1) is 6.92 Å². The summed E-state index contributed by atoms with van der Waals surface area (Å²) in [5.41, 5.74) is 3.55. The zero-order valence-electron chi connectivity index (χ0n) is 15.7. The molecule has 0 saturated heterocycles. The Morgan fingerprint density at radius 3 is 2.52 bits per heavy atom. The highest BCUT2D eigenvalue weighted by Gasteiger charge is 2.17. The Morgan fingerprint density at radius 2 is 1.84 bits per heavy atom. The molecule has 5 heteroatoms. The van der Waals surface area contributed by atoms with Crippen LogP contribution in [-0.4, -0.2) is 21.6 Å². The van der Waals surface area contributed by atoms with Crippen molar-refractivity contribution in [1.29, 1.82) is 0 Å². The highest BCUT2D eigenvalue weighted by molar-refractivity contribution is 7.14. The normalized spacial score (nSPS) is 12.0. The Morgan fingerprint density at radius 1 is 1.08 bits per heavy atom. The Labute approximate surface area is 153 Å². The molecule has 0 aliphatic heterocycles. The summed E-state index contributed by atoms with van der Waals surface area (Å²) in [6.07, 6.45) is 0. The molecule has 0 aliphatic rings. The molecule has 0 unspecified atom stereocenters. The molecule has 25 heavy (non-hydrogen) atoms. The van der Waals surface area contributed by atoms with E-state index in [-0.39, 0.29) is 5.60 Å². The molecule has 2 heterocycles. The van der Waals surface area contributed by atoms with Gasteiger partial charge in [-0.1, -0.05) is 6.07 Å². The zero-order valence-corrected chi connectivity index (χ0v) is 16.5. The van der Waals surface area contributed by atoms with Gasteiger partial charge in [-0.15, -0.1) is 11.3 Å². The SMILES string of the molecule is Cc1ccc2c(OC(C)(C)C)cc(-c3csc(NC(C)C)n3)nc2c1. The van der Waals surface area contributed by atoms with Crippen molar-refractivity contribution in [2.75, 3.05) is 5.32 Å². The minimum atomic E-state index is -0.275. The number of fused-ring (bicyclic) bond motifs is 1. The summed E-state index contributed by atoms with van der Waals surface area (Å²) in [5, 5.41) is 7.32. The van der Waals surface area contributed by atoms with E-state index in [1.54, 1.807) is 11.3 Å². The van der Waals surface area contributed by atoms with E-state index in [4.69, 9.17) is 9.72 Å². The molecule has 1 aromatic carbocycles. The molecule has 2 aromatic heterocycles. The summed E-state index contributed by atoms with van der Waals surface area (Å²) in [4.78, 5) is 9.50. The number of aromatic nitrogens is 2. The molecule has 3 aromatic rings. The van der Waals surface area contributed by atoms with Gasteiger partial charge >= 0.3 is 0 Å². The van der Waals surface area contributed by atoms with E-state index in [9.17, 15) is 0 Å². The third kappa shape index (κ3) is 4.28. The van der Waals surface area contributed by atoms with Crippen LogP contribution in [0.25, 0.3) is 22.3 Å². The zero-order chi connectivity index (χ0) is 18.2. The fraction of sp³-hybridized carbons (Fsp3) is 0.400. The number of rotatable bonds is 4. The van der Waals surface area contributed by atoms with Gasteiger partial charge in [0.1, 0.15) is 17.0 Å². The molecular weight excluding hydrogens is 330 g/mol. The van der Waals surface area contributed by atoms with Gasteiger partial charge in [0.2, 0.25) is 0 Å². The summed E-state index contributed by atoms with van der Waals surface area (Å²) in [6.45, 7) is 12.5. The lowest BCUT2D eigenvalue weighted by atomic mass is 10.1. The molecule has 1 N–H and O–H groups in total. The van der Waals surface area contributed by atoms with Crippen LogP contribution in [0.2, 0.25) is 0 Å². The summed E-state index contributed by atoms with van der Waals surface area (Å²) < 4.78 is 6.21. The number of hydrogen-bond donors (Lipinski definition) is 1. The van der Waals surface area contributed by atoms with Gasteiger partial charge in [0, 0.05) is 22.9 Å². The first-order chi connectivity index (χ1) is 11.7. The maximum atomic E-state index is 6.21. The Balaban J connectivity index is 2.10. The van der Waals surface area contributed by atoms with Crippen LogP contribution in [0.15, 0.2) is 29.6 Å². The number of ether oxygens (including phenoxy) is 1. The highest BCUT2D eigenvalue weighted by Crippen LogP contribution is 2.33. The average molecular weight is 356 g/mol. The maximum absolute atomic E-state index is 6.21. The molecule has 0 bridgehead atoms. The largest absolute Gasteiger partial charge is 0.487 e. The van der Waals surface area contributed by atoms with E-state index in [0.717, 1.165) is 33.2 Å². The predicted molar refractivity (Wildman–Crippen MR) is 107 cm³/mol. The van der Waals surface area contributed by atoms with Crippen molar-refractivity contribution >= 4 is 27.4 Å². The molecule has 4 nitrogen and oxygen atoms in total. The van der Waals surface area contributed by atoms with Crippen molar-refractivity contribution in [2.45, 2.75) is 53.2 Å².